The van der Waals surface area contributed by atoms with Gasteiger partial charge in [0, 0.05) is 20.5 Å². The zero-order chi connectivity index (χ0) is 21.9. The number of hydrogen-bond donors (Lipinski definition) is 0. The average molecular weight is 422 g/mol. The van der Waals surface area contributed by atoms with Gasteiger partial charge in [-0.2, -0.15) is 0 Å². The number of rotatable bonds is 5. The minimum absolute atomic E-state index is 0.0227. The maximum absolute atomic E-state index is 13.4. The summed E-state index contributed by atoms with van der Waals surface area (Å²) in [4.78, 5) is 30.1. The summed E-state index contributed by atoms with van der Waals surface area (Å²) in [5.74, 6) is -0.389. The lowest BCUT2D eigenvalue weighted by Gasteiger charge is -2.27. The molecule has 0 radical (unpaired) electrons. The Morgan fingerprint density at radius 1 is 1.26 bits per heavy atom. The van der Waals surface area contributed by atoms with Crippen LogP contribution in [-0.4, -0.2) is 57.1 Å². The van der Waals surface area contributed by atoms with Gasteiger partial charge in [0.1, 0.15) is 5.60 Å². The third-order valence-corrected chi connectivity index (χ3v) is 6.73. The molecular formula is C23H26N4O4. The molecule has 2 aromatic rings. The fourth-order valence-electron chi connectivity index (χ4n) is 5.05. The van der Waals surface area contributed by atoms with Crippen molar-refractivity contribution in [2.24, 2.45) is 11.8 Å². The molecule has 2 saturated heterocycles. The molecule has 8 nitrogen and oxygen atoms in total. The monoisotopic (exact) mass is 422 g/mol. The van der Waals surface area contributed by atoms with Gasteiger partial charge in [-0.1, -0.05) is 30.4 Å². The van der Waals surface area contributed by atoms with Crippen molar-refractivity contribution in [3.63, 3.8) is 0 Å². The minimum Gasteiger partial charge on any atom is -0.424 e. The molecule has 1 aromatic carbocycles. The van der Waals surface area contributed by atoms with E-state index in [-0.39, 0.29) is 24.5 Å². The molecule has 0 N–H and O–H groups in total. The van der Waals surface area contributed by atoms with Crippen LogP contribution in [-0.2, 0) is 27.4 Å². The predicted molar refractivity (Wildman–Crippen MR) is 111 cm³/mol. The predicted octanol–water partition coefficient (Wildman–Crippen LogP) is 1.94. The van der Waals surface area contributed by atoms with Crippen LogP contribution in [0.5, 0.6) is 0 Å². The smallest absolute Gasteiger partial charge is 0.235 e. The van der Waals surface area contributed by atoms with Crippen molar-refractivity contribution >= 4 is 11.8 Å². The molecule has 3 aliphatic heterocycles. The summed E-state index contributed by atoms with van der Waals surface area (Å²) in [7, 11) is 1.69. The molecule has 2 fully saturated rings. The third kappa shape index (κ3) is 3.17. The summed E-state index contributed by atoms with van der Waals surface area (Å²) >= 11 is 0. The summed E-state index contributed by atoms with van der Waals surface area (Å²) in [5, 5.41) is 7.77. The first-order valence-corrected chi connectivity index (χ1v) is 10.5. The van der Waals surface area contributed by atoms with Gasteiger partial charge in [-0.05, 0) is 30.5 Å². The van der Waals surface area contributed by atoms with E-state index in [1.165, 1.54) is 11.1 Å². The maximum atomic E-state index is 13.4. The van der Waals surface area contributed by atoms with Gasteiger partial charge < -0.3 is 19.0 Å². The Morgan fingerprint density at radius 3 is 2.77 bits per heavy atom. The number of carbonyl (C=O) groups is 2. The molecule has 1 aromatic heterocycles. The lowest BCUT2D eigenvalue weighted by molar-refractivity contribution is -0.143. The van der Waals surface area contributed by atoms with Gasteiger partial charge in [0.05, 0.1) is 31.0 Å². The zero-order valence-corrected chi connectivity index (χ0v) is 18.2. The van der Waals surface area contributed by atoms with Gasteiger partial charge in [0.2, 0.25) is 23.6 Å². The summed E-state index contributed by atoms with van der Waals surface area (Å²) < 4.78 is 11.6. The first-order valence-electron chi connectivity index (χ1n) is 10.5. The minimum atomic E-state index is -0.719. The van der Waals surface area contributed by atoms with E-state index in [0.717, 1.165) is 5.56 Å². The normalized spacial score (nSPS) is 28.5. The standard InChI is InChI=1S/C23H26N4O4/c1-13-5-6-16(9-14(13)2)10-27-12-23-8-7-17(31-23)19(20(23)22(27)29)21(28)26(4)11-18-25-24-15(3)30-18/h5-9,17,19-20H,10-12H2,1-4H3/t17-,19-,20-,23-/m0/s1. The number of likely N-dealkylation sites (tertiary alicyclic amines) is 1. The van der Waals surface area contributed by atoms with E-state index in [9.17, 15) is 9.59 Å². The highest BCUT2D eigenvalue weighted by molar-refractivity contribution is 5.93. The Bertz CT molecular complexity index is 1090. The highest BCUT2D eigenvalue weighted by atomic mass is 16.5. The Balaban J connectivity index is 1.35. The fraction of sp³-hybridized carbons (Fsp3) is 0.478. The van der Waals surface area contributed by atoms with Crippen molar-refractivity contribution in [1.29, 1.82) is 0 Å². The van der Waals surface area contributed by atoms with E-state index >= 15 is 0 Å². The average Bonchev–Trinajstić information content (AvgIpc) is 3.46. The molecular weight excluding hydrogens is 396 g/mol. The molecule has 8 heteroatoms. The fourth-order valence-corrected chi connectivity index (χ4v) is 5.05. The number of hydrogen-bond acceptors (Lipinski definition) is 6. The summed E-state index contributed by atoms with van der Waals surface area (Å²) in [6.07, 6.45) is 3.53. The van der Waals surface area contributed by atoms with Crippen LogP contribution in [0.1, 0.15) is 28.5 Å². The molecule has 5 rings (SSSR count). The van der Waals surface area contributed by atoms with Crippen LogP contribution in [0.4, 0.5) is 0 Å². The molecule has 2 bridgehead atoms. The van der Waals surface area contributed by atoms with Crippen molar-refractivity contribution in [3.8, 4) is 0 Å². The van der Waals surface area contributed by atoms with E-state index in [1.807, 2.05) is 17.1 Å². The Morgan fingerprint density at radius 2 is 2.06 bits per heavy atom. The van der Waals surface area contributed by atoms with Crippen LogP contribution < -0.4 is 0 Å². The van der Waals surface area contributed by atoms with E-state index in [4.69, 9.17) is 9.15 Å². The quantitative estimate of drug-likeness (QED) is 0.684. The summed E-state index contributed by atoms with van der Waals surface area (Å²) in [6.45, 7) is 7.03. The second-order valence-electron chi connectivity index (χ2n) is 8.92. The summed E-state index contributed by atoms with van der Waals surface area (Å²) in [5.41, 5.74) is 2.79. The van der Waals surface area contributed by atoms with Crippen LogP contribution in [0.15, 0.2) is 34.8 Å². The lowest BCUT2D eigenvalue weighted by Crippen LogP contribution is -2.44. The topological polar surface area (TPSA) is 88.8 Å². The molecule has 2 amide bonds. The summed E-state index contributed by atoms with van der Waals surface area (Å²) in [6, 6.07) is 6.25. The van der Waals surface area contributed by atoms with Gasteiger partial charge >= 0.3 is 0 Å². The number of benzene rings is 1. The van der Waals surface area contributed by atoms with Gasteiger partial charge in [-0.15, -0.1) is 10.2 Å². The molecule has 162 valence electrons. The largest absolute Gasteiger partial charge is 0.424 e. The van der Waals surface area contributed by atoms with Crippen molar-refractivity contribution in [1.82, 2.24) is 20.0 Å². The highest BCUT2D eigenvalue weighted by Gasteiger charge is 2.67. The third-order valence-electron chi connectivity index (χ3n) is 6.73. The number of ether oxygens (including phenoxy) is 1. The zero-order valence-electron chi connectivity index (χ0n) is 18.2. The molecule has 0 saturated carbocycles. The second-order valence-corrected chi connectivity index (χ2v) is 8.92. The molecule has 31 heavy (non-hydrogen) atoms. The number of carbonyl (C=O) groups excluding carboxylic acids is 2. The molecule has 4 heterocycles. The van der Waals surface area contributed by atoms with Crippen molar-refractivity contribution in [2.75, 3.05) is 13.6 Å². The van der Waals surface area contributed by atoms with Crippen LogP contribution in [0.25, 0.3) is 0 Å². The Hall–Kier alpha value is -3.00. The Labute approximate surface area is 180 Å². The van der Waals surface area contributed by atoms with Crippen molar-refractivity contribution < 1.29 is 18.7 Å². The van der Waals surface area contributed by atoms with Crippen LogP contribution in [0, 0.1) is 32.6 Å². The first-order chi connectivity index (χ1) is 14.8. The maximum Gasteiger partial charge on any atom is 0.235 e. The van der Waals surface area contributed by atoms with E-state index in [1.54, 1.807) is 18.9 Å². The number of nitrogens with zero attached hydrogens (tertiary/aromatic N) is 4. The van der Waals surface area contributed by atoms with E-state index in [2.05, 4.69) is 42.2 Å². The Kier molecular flexibility index (Phi) is 4.51. The van der Waals surface area contributed by atoms with E-state index < -0.39 is 17.4 Å². The SMILES string of the molecule is Cc1nnc(CN(C)C(=O)[C@H]2[C@@H]3C=C[C@@]4(CN(Cc5ccc(C)c(C)c5)C(=O)[C@H]24)O3)o1. The molecule has 0 aliphatic carbocycles. The molecule has 3 aliphatic rings. The van der Waals surface area contributed by atoms with Crippen molar-refractivity contribution in [2.45, 2.75) is 45.6 Å². The highest BCUT2D eigenvalue weighted by Crippen LogP contribution is 2.52. The van der Waals surface area contributed by atoms with Crippen LogP contribution >= 0.6 is 0 Å². The van der Waals surface area contributed by atoms with Gasteiger partial charge in [-0.3, -0.25) is 9.59 Å². The number of amides is 2. The van der Waals surface area contributed by atoms with Crippen LogP contribution in [0.3, 0.4) is 0 Å². The second kappa shape index (κ2) is 7.02. The van der Waals surface area contributed by atoms with Gasteiger partial charge in [0.15, 0.2) is 0 Å². The molecule has 1 spiro atoms. The molecule has 0 unspecified atom stereocenters. The first kappa shape index (κ1) is 19.9. The number of aryl methyl sites for hydroxylation is 3. The lowest BCUT2D eigenvalue weighted by atomic mass is 9.76. The molecule has 4 atom stereocenters. The van der Waals surface area contributed by atoms with Crippen LogP contribution in [0.2, 0.25) is 0 Å². The number of aromatic nitrogens is 2. The van der Waals surface area contributed by atoms with E-state index in [0.29, 0.717) is 24.9 Å². The van der Waals surface area contributed by atoms with Gasteiger partial charge in [-0.25, -0.2) is 0 Å². The van der Waals surface area contributed by atoms with Gasteiger partial charge in [0.25, 0.3) is 0 Å². The van der Waals surface area contributed by atoms with Crippen molar-refractivity contribution in [3.05, 3.63) is 58.8 Å². The number of fused-ring (bicyclic) bond motifs is 1.